The molecule has 2 aromatic carbocycles. The van der Waals surface area contributed by atoms with Crippen molar-refractivity contribution in [1.82, 2.24) is 24.5 Å². The number of nitrogens with zero attached hydrogens (tertiary/aromatic N) is 5. The molecule has 1 fully saturated rings. The number of nitrogens with one attached hydrogen (secondary N) is 1. The normalized spacial score (nSPS) is 15.7. The molecular weight excluding hydrogens is 555 g/mol. The highest BCUT2D eigenvalue weighted by molar-refractivity contribution is 6.09. The van der Waals surface area contributed by atoms with Crippen LogP contribution in [0, 0.1) is 5.82 Å². The minimum absolute atomic E-state index is 0.0657. The smallest absolute Gasteiger partial charge is 0.265 e. The van der Waals surface area contributed by atoms with Crippen molar-refractivity contribution in [2.45, 2.75) is 32.1 Å². The van der Waals surface area contributed by atoms with Gasteiger partial charge in [0.15, 0.2) is 0 Å². The van der Waals surface area contributed by atoms with Crippen molar-refractivity contribution in [2.75, 3.05) is 31.3 Å². The van der Waals surface area contributed by atoms with Crippen molar-refractivity contribution in [3.8, 4) is 28.4 Å². The Morgan fingerprint density at radius 2 is 2.00 bits per heavy atom. The number of benzene rings is 2. The lowest BCUT2D eigenvalue weighted by atomic mass is 9.95. The Morgan fingerprint density at radius 1 is 1.16 bits per heavy atom. The van der Waals surface area contributed by atoms with Crippen molar-refractivity contribution in [2.24, 2.45) is 0 Å². The number of rotatable bonds is 6. The molecule has 0 radical (unpaired) electrons. The first-order valence-electron chi connectivity index (χ1n) is 13.9. The molecule has 2 aliphatic rings. The maximum absolute atomic E-state index is 15.4. The largest absolute Gasteiger partial charge is 0.491 e. The second-order valence-corrected chi connectivity index (χ2v) is 11.2. The summed E-state index contributed by atoms with van der Waals surface area (Å²) in [6, 6.07) is 10.1. The second kappa shape index (κ2) is 10.3. The average molecular weight is 585 g/mol. The molecule has 5 aromatic rings. The number of fused-ring (bicyclic) bond motifs is 2. The number of aliphatic hydroxyl groups excluding tert-OH is 1. The van der Waals surface area contributed by atoms with Crippen LogP contribution in [0.2, 0.25) is 0 Å². The van der Waals surface area contributed by atoms with Gasteiger partial charge in [-0.2, -0.15) is 0 Å². The number of hydrogen-bond donors (Lipinski definition) is 3. The first kappa shape index (κ1) is 27.2. The molecule has 0 bridgehead atoms. The number of amides is 1. The van der Waals surface area contributed by atoms with Gasteiger partial charge in [-0.25, -0.2) is 19.3 Å². The third kappa shape index (κ3) is 4.63. The monoisotopic (exact) mass is 584 g/mol. The number of aliphatic hydroxyl groups is 2. The summed E-state index contributed by atoms with van der Waals surface area (Å²) in [7, 11) is 0. The molecule has 5 heterocycles. The molecule has 0 atom stereocenters. The van der Waals surface area contributed by atoms with Gasteiger partial charge in [-0.05, 0) is 43.7 Å². The number of aromatic amines is 1. The maximum Gasteiger partial charge on any atom is 0.265 e. The lowest BCUT2D eigenvalue weighted by Crippen LogP contribution is -2.33. The van der Waals surface area contributed by atoms with Gasteiger partial charge in [0.2, 0.25) is 0 Å². The number of ether oxygens (including phenoxy) is 2. The summed E-state index contributed by atoms with van der Waals surface area (Å²) in [5.41, 5.74) is 2.87. The summed E-state index contributed by atoms with van der Waals surface area (Å²) in [5, 5.41) is 21.7. The zero-order valence-corrected chi connectivity index (χ0v) is 23.5. The maximum atomic E-state index is 15.4. The van der Waals surface area contributed by atoms with Gasteiger partial charge in [0.1, 0.15) is 41.4 Å². The Kier molecular flexibility index (Phi) is 6.49. The summed E-state index contributed by atoms with van der Waals surface area (Å²) in [6.07, 6.45) is 5.18. The van der Waals surface area contributed by atoms with Crippen LogP contribution in [0.25, 0.3) is 33.7 Å². The third-order valence-electron chi connectivity index (χ3n) is 7.99. The fourth-order valence-corrected chi connectivity index (χ4v) is 5.55. The van der Waals surface area contributed by atoms with Gasteiger partial charge in [0.05, 0.1) is 61.4 Å². The number of imidazole rings is 1. The van der Waals surface area contributed by atoms with E-state index in [1.165, 1.54) is 31.1 Å². The zero-order valence-electron chi connectivity index (χ0n) is 23.5. The Bertz CT molecular complexity index is 1870. The standard InChI is InChI=1S/C31H29FN6O5/c1-31(2,41)17-8-22(32)27-26(9-17)43-7-6-38(30(27)40)25-5-3-4-19(21(25)12-39)28-20-10-23(36-29(20)34-15-33-28)24-11-37(16-35-24)18-13-42-14-18/h3-5,8-11,15-16,18,39,41H,6-7,12-14H2,1-2H3,(H,33,34,36). The van der Waals surface area contributed by atoms with Crippen molar-refractivity contribution in [3.63, 3.8) is 0 Å². The van der Waals surface area contributed by atoms with Gasteiger partial charge in [-0.3, -0.25) is 4.79 Å². The molecule has 0 spiro atoms. The molecule has 0 aliphatic carbocycles. The number of aromatic nitrogens is 5. The van der Waals surface area contributed by atoms with Crippen molar-refractivity contribution in [3.05, 3.63) is 77.8 Å². The molecule has 1 amide bonds. The van der Waals surface area contributed by atoms with Crippen LogP contribution in [0.1, 0.15) is 41.4 Å². The molecule has 0 saturated carbocycles. The van der Waals surface area contributed by atoms with E-state index in [1.54, 1.807) is 18.5 Å². The van der Waals surface area contributed by atoms with Crippen molar-refractivity contribution >= 4 is 22.6 Å². The third-order valence-corrected chi connectivity index (χ3v) is 7.99. The van der Waals surface area contributed by atoms with E-state index in [4.69, 9.17) is 9.47 Å². The zero-order chi connectivity index (χ0) is 29.9. The fraction of sp³-hybridized carbons (Fsp3) is 0.290. The number of anilines is 1. The number of halogens is 1. The lowest BCUT2D eigenvalue weighted by molar-refractivity contribution is -0.0233. The van der Waals surface area contributed by atoms with Gasteiger partial charge in [-0.1, -0.05) is 12.1 Å². The van der Waals surface area contributed by atoms with Crippen LogP contribution in [0.5, 0.6) is 5.75 Å². The molecule has 12 heteroatoms. The van der Waals surface area contributed by atoms with E-state index >= 15 is 4.39 Å². The summed E-state index contributed by atoms with van der Waals surface area (Å²) < 4.78 is 28.5. The van der Waals surface area contributed by atoms with E-state index in [-0.39, 0.29) is 30.5 Å². The molecule has 7 rings (SSSR count). The molecule has 11 nitrogen and oxygen atoms in total. The van der Waals surface area contributed by atoms with Gasteiger partial charge in [0.25, 0.3) is 5.91 Å². The molecule has 0 unspecified atom stereocenters. The van der Waals surface area contributed by atoms with Crippen LogP contribution in [-0.4, -0.2) is 67.0 Å². The lowest BCUT2D eigenvalue weighted by Gasteiger charge is -2.26. The number of hydrogen-bond acceptors (Lipinski definition) is 8. The average Bonchev–Trinajstić information content (AvgIpc) is 3.56. The topological polar surface area (TPSA) is 139 Å². The number of carbonyl (C=O) groups is 1. The summed E-state index contributed by atoms with van der Waals surface area (Å²) >= 11 is 0. The SMILES string of the molecule is CC(C)(O)c1cc(F)c2c(c1)OCCN(c1cccc(-c3ncnc4[nH]c(-c5cn(C6COC6)cn5)cc34)c1CO)C2=O. The Labute approximate surface area is 245 Å². The highest BCUT2D eigenvalue weighted by atomic mass is 19.1. The molecule has 1 saturated heterocycles. The van der Waals surface area contributed by atoms with Crippen LogP contribution in [-0.2, 0) is 16.9 Å². The van der Waals surface area contributed by atoms with E-state index in [0.717, 1.165) is 17.5 Å². The van der Waals surface area contributed by atoms with Crippen LogP contribution in [0.15, 0.2) is 55.2 Å². The van der Waals surface area contributed by atoms with Gasteiger partial charge >= 0.3 is 0 Å². The first-order chi connectivity index (χ1) is 20.7. The van der Waals surface area contributed by atoms with E-state index in [1.807, 2.05) is 22.9 Å². The molecule has 3 aromatic heterocycles. The fourth-order valence-electron chi connectivity index (χ4n) is 5.55. The molecular formula is C31H29FN6O5. The Hall–Kier alpha value is -4.65. The summed E-state index contributed by atoms with van der Waals surface area (Å²) in [5.74, 6) is -1.34. The quantitative estimate of drug-likeness (QED) is 0.273. The second-order valence-electron chi connectivity index (χ2n) is 11.2. The minimum Gasteiger partial charge on any atom is -0.491 e. The summed E-state index contributed by atoms with van der Waals surface area (Å²) in [4.78, 5) is 32.0. The van der Waals surface area contributed by atoms with Crippen LogP contribution in [0.4, 0.5) is 10.1 Å². The van der Waals surface area contributed by atoms with Crippen LogP contribution < -0.4 is 9.64 Å². The van der Waals surface area contributed by atoms with Crippen LogP contribution >= 0.6 is 0 Å². The summed E-state index contributed by atoms with van der Waals surface area (Å²) in [6.45, 7) is 4.18. The predicted octanol–water partition coefficient (Wildman–Crippen LogP) is 3.96. The van der Waals surface area contributed by atoms with E-state index in [2.05, 4.69) is 19.9 Å². The van der Waals surface area contributed by atoms with Crippen molar-refractivity contribution < 1.29 is 28.9 Å². The number of carbonyl (C=O) groups excluding carboxylic acids is 1. The van der Waals surface area contributed by atoms with Gasteiger partial charge < -0.3 is 34.1 Å². The van der Waals surface area contributed by atoms with Gasteiger partial charge in [0, 0.05) is 22.7 Å². The molecule has 43 heavy (non-hydrogen) atoms. The highest BCUT2D eigenvalue weighted by Crippen LogP contribution is 2.38. The number of H-pyrrole nitrogens is 1. The van der Waals surface area contributed by atoms with E-state index in [0.29, 0.717) is 52.3 Å². The van der Waals surface area contributed by atoms with Gasteiger partial charge in [-0.15, -0.1) is 0 Å². The van der Waals surface area contributed by atoms with E-state index < -0.39 is 23.9 Å². The van der Waals surface area contributed by atoms with Crippen molar-refractivity contribution in [1.29, 1.82) is 0 Å². The van der Waals surface area contributed by atoms with Crippen LogP contribution in [0.3, 0.4) is 0 Å². The first-order valence-corrected chi connectivity index (χ1v) is 13.9. The minimum atomic E-state index is -1.32. The Morgan fingerprint density at radius 3 is 2.74 bits per heavy atom. The molecule has 2 aliphatic heterocycles. The Balaban J connectivity index is 1.29. The molecule has 3 N–H and O–H groups in total. The highest BCUT2D eigenvalue weighted by Gasteiger charge is 2.32. The molecule has 220 valence electrons. The van der Waals surface area contributed by atoms with E-state index in [9.17, 15) is 15.0 Å². The predicted molar refractivity (Wildman–Crippen MR) is 155 cm³/mol.